The van der Waals surface area contributed by atoms with Crippen LogP contribution in [0.15, 0.2) is 0 Å². The Hall–Kier alpha value is -1.06. The summed E-state index contributed by atoms with van der Waals surface area (Å²) in [6.45, 7) is 3.24. The van der Waals surface area contributed by atoms with E-state index in [-0.39, 0.29) is 17.7 Å². The molecule has 1 atom stereocenters. The van der Waals surface area contributed by atoms with Crippen molar-refractivity contribution in [3.63, 3.8) is 0 Å². The van der Waals surface area contributed by atoms with Crippen LogP contribution in [0.2, 0.25) is 0 Å². The minimum atomic E-state index is -0.720. The highest BCUT2D eigenvalue weighted by Gasteiger charge is 2.36. The van der Waals surface area contributed by atoms with E-state index in [0.29, 0.717) is 31.8 Å². The summed E-state index contributed by atoms with van der Waals surface area (Å²) >= 11 is 0. The molecule has 2 rings (SSSR count). The van der Waals surface area contributed by atoms with E-state index in [9.17, 15) is 9.59 Å². The lowest BCUT2D eigenvalue weighted by molar-refractivity contribution is -0.146. The lowest BCUT2D eigenvalue weighted by Crippen LogP contribution is -2.43. The van der Waals surface area contributed by atoms with Gasteiger partial charge in [-0.25, -0.2) is 0 Å². The first-order chi connectivity index (χ1) is 7.59. The zero-order valence-electron chi connectivity index (χ0n) is 9.69. The molecular weight excluding hydrogens is 206 g/mol. The van der Waals surface area contributed by atoms with Gasteiger partial charge in [0.05, 0.1) is 5.92 Å². The van der Waals surface area contributed by atoms with Crippen LogP contribution < -0.4 is 0 Å². The van der Waals surface area contributed by atoms with Crippen molar-refractivity contribution in [3.05, 3.63) is 0 Å². The number of carboxylic acids is 1. The predicted octanol–water partition coefficient (Wildman–Crippen LogP) is 1.36. The number of carbonyl (C=O) groups excluding carboxylic acids is 1. The van der Waals surface area contributed by atoms with Gasteiger partial charge in [-0.1, -0.05) is 6.92 Å². The quantitative estimate of drug-likeness (QED) is 0.789. The third-order valence-electron chi connectivity index (χ3n) is 3.87. The second-order valence-corrected chi connectivity index (χ2v) is 5.06. The van der Waals surface area contributed by atoms with Crippen molar-refractivity contribution < 1.29 is 14.7 Å². The maximum atomic E-state index is 12.0. The smallest absolute Gasteiger partial charge is 0.306 e. The van der Waals surface area contributed by atoms with Gasteiger partial charge >= 0.3 is 5.97 Å². The maximum absolute atomic E-state index is 12.0. The zero-order chi connectivity index (χ0) is 11.7. The van der Waals surface area contributed by atoms with Gasteiger partial charge in [0, 0.05) is 19.0 Å². The molecule has 90 valence electrons. The highest BCUT2D eigenvalue weighted by Crippen LogP contribution is 2.37. The summed E-state index contributed by atoms with van der Waals surface area (Å²) < 4.78 is 0. The fraction of sp³-hybridized carbons (Fsp3) is 0.833. The molecule has 2 aliphatic rings. The third-order valence-corrected chi connectivity index (χ3v) is 3.87. The molecule has 1 aliphatic heterocycles. The molecule has 1 N–H and O–H groups in total. The van der Waals surface area contributed by atoms with Crippen LogP contribution >= 0.6 is 0 Å². The van der Waals surface area contributed by atoms with Crippen LogP contribution in [0.1, 0.15) is 32.6 Å². The maximum Gasteiger partial charge on any atom is 0.306 e. The number of nitrogens with zero attached hydrogens (tertiary/aromatic N) is 1. The third kappa shape index (κ3) is 2.36. The molecule has 4 heteroatoms. The molecule has 0 bridgehead atoms. The summed E-state index contributed by atoms with van der Waals surface area (Å²) in [5.74, 6) is -0.0139. The van der Waals surface area contributed by atoms with E-state index in [2.05, 4.69) is 0 Å². The monoisotopic (exact) mass is 225 g/mol. The van der Waals surface area contributed by atoms with Gasteiger partial charge in [0.2, 0.25) is 5.91 Å². The van der Waals surface area contributed by atoms with Crippen LogP contribution in [-0.4, -0.2) is 35.0 Å². The number of amides is 1. The van der Waals surface area contributed by atoms with E-state index in [0.717, 1.165) is 0 Å². The summed E-state index contributed by atoms with van der Waals surface area (Å²) in [6, 6.07) is 0. The fourth-order valence-electron chi connectivity index (χ4n) is 2.43. The first-order valence-electron chi connectivity index (χ1n) is 6.11. The number of hydrogen-bond acceptors (Lipinski definition) is 2. The van der Waals surface area contributed by atoms with Gasteiger partial charge in [-0.2, -0.15) is 0 Å². The summed E-state index contributed by atoms with van der Waals surface area (Å²) in [4.78, 5) is 24.7. The van der Waals surface area contributed by atoms with Crippen molar-refractivity contribution in [3.8, 4) is 0 Å². The van der Waals surface area contributed by atoms with Gasteiger partial charge in [0.25, 0.3) is 0 Å². The highest BCUT2D eigenvalue weighted by atomic mass is 16.4. The Labute approximate surface area is 95.6 Å². The van der Waals surface area contributed by atoms with Crippen molar-refractivity contribution in [2.45, 2.75) is 32.6 Å². The number of carbonyl (C=O) groups is 2. The van der Waals surface area contributed by atoms with Crippen LogP contribution in [0.25, 0.3) is 0 Å². The summed E-state index contributed by atoms with van der Waals surface area (Å²) in [7, 11) is 0. The van der Waals surface area contributed by atoms with Gasteiger partial charge in [-0.3, -0.25) is 9.59 Å². The van der Waals surface area contributed by atoms with E-state index < -0.39 is 5.97 Å². The lowest BCUT2D eigenvalue weighted by atomic mass is 9.95. The van der Waals surface area contributed by atoms with Crippen molar-refractivity contribution in [1.82, 2.24) is 4.90 Å². The molecule has 1 saturated carbocycles. The summed E-state index contributed by atoms with van der Waals surface area (Å²) in [6.07, 6.45) is 3.58. The van der Waals surface area contributed by atoms with Crippen LogP contribution in [0, 0.1) is 17.8 Å². The first kappa shape index (κ1) is 11.4. The number of aliphatic carboxylic acids is 1. The Balaban J connectivity index is 1.83. The lowest BCUT2D eigenvalue weighted by Gasteiger charge is -2.32. The minimum absolute atomic E-state index is 0.140. The molecule has 16 heavy (non-hydrogen) atoms. The molecule has 1 saturated heterocycles. The van der Waals surface area contributed by atoms with Gasteiger partial charge in [-0.15, -0.1) is 0 Å². The number of hydrogen-bond donors (Lipinski definition) is 1. The van der Waals surface area contributed by atoms with Crippen LogP contribution in [-0.2, 0) is 9.59 Å². The normalized spacial score (nSPS) is 24.2. The van der Waals surface area contributed by atoms with Crippen LogP contribution in [0.4, 0.5) is 0 Å². The Morgan fingerprint density at radius 2 is 1.75 bits per heavy atom. The molecule has 1 heterocycles. The van der Waals surface area contributed by atoms with Crippen LogP contribution in [0.3, 0.4) is 0 Å². The number of carboxylic acid groups (broad SMARTS) is 1. The second-order valence-electron chi connectivity index (χ2n) is 5.06. The Bertz CT molecular complexity index is 291. The molecule has 1 amide bonds. The highest BCUT2D eigenvalue weighted by molar-refractivity contribution is 5.79. The molecule has 0 aromatic rings. The van der Waals surface area contributed by atoms with E-state index >= 15 is 0 Å². The summed E-state index contributed by atoms with van der Waals surface area (Å²) in [5.41, 5.74) is 0. The summed E-state index contributed by atoms with van der Waals surface area (Å²) in [5, 5.41) is 8.87. The largest absolute Gasteiger partial charge is 0.481 e. The van der Waals surface area contributed by atoms with Crippen molar-refractivity contribution >= 4 is 11.9 Å². The minimum Gasteiger partial charge on any atom is -0.481 e. The topological polar surface area (TPSA) is 57.6 Å². The second kappa shape index (κ2) is 4.44. The van der Waals surface area contributed by atoms with Gasteiger partial charge in [0.15, 0.2) is 0 Å². The molecule has 4 nitrogen and oxygen atoms in total. The van der Waals surface area contributed by atoms with Crippen LogP contribution in [0.5, 0.6) is 0 Å². The van der Waals surface area contributed by atoms with Gasteiger partial charge < -0.3 is 10.0 Å². The van der Waals surface area contributed by atoms with E-state index in [1.54, 1.807) is 0 Å². The van der Waals surface area contributed by atoms with Gasteiger partial charge in [-0.05, 0) is 31.6 Å². The molecule has 1 unspecified atom stereocenters. The number of rotatable bonds is 3. The van der Waals surface area contributed by atoms with Crippen molar-refractivity contribution in [2.24, 2.45) is 17.8 Å². The van der Waals surface area contributed by atoms with E-state index in [1.165, 1.54) is 12.8 Å². The first-order valence-corrected chi connectivity index (χ1v) is 6.11. The molecular formula is C12H19NO3. The zero-order valence-corrected chi connectivity index (χ0v) is 9.69. The SMILES string of the molecule is CC(C(=O)N1CCC(C(=O)O)CC1)C1CC1. The van der Waals surface area contributed by atoms with E-state index in [1.807, 2.05) is 11.8 Å². The molecule has 2 fully saturated rings. The molecule has 0 spiro atoms. The Kier molecular flexibility index (Phi) is 3.17. The molecule has 0 aromatic carbocycles. The molecule has 0 aromatic heterocycles. The predicted molar refractivity (Wildman–Crippen MR) is 58.8 cm³/mol. The average molecular weight is 225 g/mol. The molecule has 0 radical (unpaired) electrons. The number of piperidine rings is 1. The van der Waals surface area contributed by atoms with Crippen molar-refractivity contribution in [2.75, 3.05) is 13.1 Å². The average Bonchev–Trinajstić information content (AvgIpc) is 3.11. The van der Waals surface area contributed by atoms with E-state index in [4.69, 9.17) is 5.11 Å². The Morgan fingerprint density at radius 1 is 1.19 bits per heavy atom. The number of likely N-dealkylation sites (tertiary alicyclic amines) is 1. The molecule has 1 aliphatic carbocycles. The fourth-order valence-corrected chi connectivity index (χ4v) is 2.43. The standard InChI is InChI=1S/C12H19NO3/c1-8(9-2-3-9)11(14)13-6-4-10(5-7-13)12(15)16/h8-10H,2-7H2,1H3,(H,15,16). The Morgan fingerprint density at radius 3 is 2.19 bits per heavy atom. The van der Waals surface area contributed by atoms with Crippen molar-refractivity contribution in [1.29, 1.82) is 0 Å². The van der Waals surface area contributed by atoms with Gasteiger partial charge in [0.1, 0.15) is 0 Å².